The van der Waals surface area contributed by atoms with Crippen LogP contribution in [0.15, 0.2) is 36.4 Å². The lowest BCUT2D eigenvalue weighted by atomic mass is 10.0. The predicted molar refractivity (Wildman–Crippen MR) is 77.5 cm³/mol. The summed E-state index contributed by atoms with van der Waals surface area (Å²) in [7, 11) is 0. The molecular formula is C16H18O4. The van der Waals surface area contributed by atoms with Crippen LogP contribution in [0.5, 0.6) is 5.75 Å². The molecule has 0 aromatic heterocycles. The van der Waals surface area contributed by atoms with E-state index in [0.29, 0.717) is 24.3 Å². The fraction of sp³-hybridized carbons (Fsp3) is 0.312. The van der Waals surface area contributed by atoms with Gasteiger partial charge in [0.05, 0.1) is 12.7 Å². The van der Waals surface area contributed by atoms with Gasteiger partial charge in [0.25, 0.3) is 0 Å². The molecule has 0 bridgehead atoms. The fourth-order valence-corrected chi connectivity index (χ4v) is 2.03. The SMILES string of the molecule is CC(C)OCCOc1ccc2ccccc2c1C(=O)O. The highest BCUT2D eigenvalue weighted by molar-refractivity contribution is 6.06. The third-order valence-electron chi connectivity index (χ3n) is 2.90. The van der Waals surface area contributed by atoms with Crippen LogP contribution in [0.2, 0.25) is 0 Å². The van der Waals surface area contributed by atoms with Gasteiger partial charge in [-0.15, -0.1) is 0 Å². The number of carboxylic acid groups (broad SMARTS) is 1. The highest BCUT2D eigenvalue weighted by Gasteiger charge is 2.15. The number of hydrogen-bond acceptors (Lipinski definition) is 3. The number of aromatic carboxylic acids is 1. The molecule has 4 nitrogen and oxygen atoms in total. The first-order chi connectivity index (χ1) is 9.59. The van der Waals surface area contributed by atoms with Crippen LogP contribution in [0, 0.1) is 0 Å². The zero-order chi connectivity index (χ0) is 14.5. The van der Waals surface area contributed by atoms with Gasteiger partial charge < -0.3 is 14.6 Å². The van der Waals surface area contributed by atoms with Gasteiger partial charge in [-0.05, 0) is 30.7 Å². The molecule has 0 aliphatic rings. The Labute approximate surface area is 117 Å². The van der Waals surface area contributed by atoms with E-state index in [4.69, 9.17) is 9.47 Å². The average Bonchev–Trinajstić information content (AvgIpc) is 2.42. The molecule has 20 heavy (non-hydrogen) atoms. The Bertz CT molecular complexity index is 604. The quantitative estimate of drug-likeness (QED) is 0.821. The maximum absolute atomic E-state index is 11.5. The normalized spacial score (nSPS) is 10.9. The highest BCUT2D eigenvalue weighted by Crippen LogP contribution is 2.28. The zero-order valence-electron chi connectivity index (χ0n) is 11.6. The van der Waals surface area contributed by atoms with Gasteiger partial charge in [-0.2, -0.15) is 0 Å². The Hall–Kier alpha value is -2.07. The summed E-state index contributed by atoms with van der Waals surface area (Å²) in [5.41, 5.74) is 0.202. The first-order valence-electron chi connectivity index (χ1n) is 6.59. The number of ether oxygens (including phenoxy) is 2. The minimum Gasteiger partial charge on any atom is -0.490 e. The van der Waals surface area contributed by atoms with E-state index in [2.05, 4.69) is 0 Å². The van der Waals surface area contributed by atoms with E-state index in [-0.39, 0.29) is 11.7 Å². The molecule has 0 amide bonds. The lowest BCUT2D eigenvalue weighted by molar-refractivity contribution is 0.0539. The molecule has 0 heterocycles. The average molecular weight is 274 g/mol. The third kappa shape index (κ3) is 3.27. The van der Waals surface area contributed by atoms with Crippen molar-refractivity contribution in [2.24, 2.45) is 0 Å². The van der Waals surface area contributed by atoms with Crippen LogP contribution in [-0.4, -0.2) is 30.4 Å². The van der Waals surface area contributed by atoms with E-state index in [1.54, 1.807) is 12.1 Å². The second-order valence-corrected chi connectivity index (χ2v) is 4.73. The van der Waals surface area contributed by atoms with Crippen LogP contribution in [-0.2, 0) is 4.74 Å². The van der Waals surface area contributed by atoms with Gasteiger partial charge in [0, 0.05) is 0 Å². The van der Waals surface area contributed by atoms with Gasteiger partial charge in [-0.3, -0.25) is 0 Å². The van der Waals surface area contributed by atoms with Crippen LogP contribution in [0.3, 0.4) is 0 Å². The van der Waals surface area contributed by atoms with Gasteiger partial charge in [-0.25, -0.2) is 4.79 Å². The number of hydrogen-bond donors (Lipinski definition) is 1. The van der Waals surface area contributed by atoms with E-state index in [9.17, 15) is 9.90 Å². The summed E-state index contributed by atoms with van der Waals surface area (Å²) in [6.07, 6.45) is 0.133. The number of benzene rings is 2. The molecule has 0 aliphatic carbocycles. The van der Waals surface area contributed by atoms with Crippen LogP contribution in [0.25, 0.3) is 10.8 Å². The topological polar surface area (TPSA) is 55.8 Å². The Morgan fingerprint density at radius 2 is 1.90 bits per heavy atom. The van der Waals surface area contributed by atoms with Crippen molar-refractivity contribution in [3.63, 3.8) is 0 Å². The number of fused-ring (bicyclic) bond motifs is 1. The number of rotatable bonds is 6. The maximum Gasteiger partial charge on any atom is 0.340 e. The lowest BCUT2D eigenvalue weighted by Gasteiger charge is -2.12. The third-order valence-corrected chi connectivity index (χ3v) is 2.90. The molecule has 2 aromatic rings. The minimum absolute atomic E-state index is 0.133. The summed E-state index contributed by atoms with van der Waals surface area (Å²) in [6, 6.07) is 10.9. The van der Waals surface area contributed by atoms with Crippen molar-refractivity contribution in [2.45, 2.75) is 20.0 Å². The molecule has 4 heteroatoms. The highest BCUT2D eigenvalue weighted by atomic mass is 16.5. The molecule has 2 aromatic carbocycles. The Kier molecular flexibility index (Phi) is 4.58. The van der Waals surface area contributed by atoms with E-state index < -0.39 is 5.97 Å². The van der Waals surface area contributed by atoms with Crippen molar-refractivity contribution in [1.29, 1.82) is 0 Å². The first-order valence-corrected chi connectivity index (χ1v) is 6.59. The monoisotopic (exact) mass is 274 g/mol. The molecule has 106 valence electrons. The summed E-state index contributed by atoms with van der Waals surface area (Å²) in [5.74, 6) is -0.606. The molecule has 0 spiro atoms. The van der Waals surface area contributed by atoms with Crippen molar-refractivity contribution >= 4 is 16.7 Å². The van der Waals surface area contributed by atoms with Crippen LogP contribution < -0.4 is 4.74 Å². The second kappa shape index (κ2) is 6.39. The summed E-state index contributed by atoms with van der Waals surface area (Å²) in [4.78, 5) is 11.5. The summed E-state index contributed by atoms with van der Waals surface area (Å²) in [5, 5.41) is 11.0. The van der Waals surface area contributed by atoms with Crippen LogP contribution in [0.1, 0.15) is 24.2 Å². The van der Waals surface area contributed by atoms with Gasteiger partial charge >= 0.3 is 5.97 Å². The van der Waals surface area contributed by atoms with E-state index >= 15 is 0 Å². The van der Waals surface area contributed by atoms with Gasteiger partial charge in [0.1, 0.15) is 17.9 Å². The maximum atomic E-state index is 11.5. The molecule has 0 atom stereocenters. The molecule has 0 unspecified atom stereocenters. The summed E-state index contributed by atoms with van der Waals surface area (Å²) >= 11 is 0. The second-order valence-electron chi connectivity index (χ2n) is 4.73. The minimum atomic E-state index is -0.985. The molecule has 1 N–H and O–H groups in total. The van der Waals surface area contributed by atoms with E-state index in [0.717, 1.165) is 5.39 Å². The van der Waals surface area contributed by atoms with Gasteiger partial charge in [0.15, 0.2) is 0 Å². The largest absolute Gasteiger partial charge is 0.490 e. The number of carboxylic acids is 1. The predicted octanol–water partition coefficient (Wildman–Crippen LogP) is 3.34. The summed E-state index contributed by atoms with van der Waals surface area (Å²) in [6.45, 7) is 4.65. The summed E-state index contributed by atoms with van der Waals surface area (Å²) < 4.78 is 10.9. The Morgan fingerprint density at radius 1 is 1.15 bits per heavy atom. The van der Waals surface area contributed by atoms with Crippen molar-refractivity contribution in [3.05, 3.63) is 42.0 Å². The first kappa shape index (κ1) is 14.3. The lowest BCUT2D eigenvalue weighted by Crippen LogP contribution is -2.13. The van der Waals surface area contributed by atoms with E-state index in [1.807, 2.05) is 38.1 Å². The smallest absolute Gasteiger partial charge is 0.340 e. The van der Waals surface area contributed by atoms with Crippen molar-refractivity contribution in [2.75, 3.05) is 13.2 Å². The standard InChI is InChI=1S/C16H18O4/c1-11(2)19-9-10-20-14-8-7-12-5-3-4-6-13(12)15(14)16(17)18/h3-8,11H,9-10H2,1-2H3,(H,17,18). The van der Waals surface area contributed by atoms with Gasteiger partial charge in [-0.1, -0.05) is 30.3 Å². The molecule has 0 aliphatic heterocycles. The Balaban J connectivity index is 2.24. The molecule has 2 rings (SSSR count). The molecule has 0 saturated heterocycles. The number of carbonyl (C=O) groups is 1. The molecule has 0 radical (unpaired) electrons. The fourth-order valence-electron chi connectivity index (χ4n) is 2.03. The molecule has 0 fully saturated rings. The molecular weight excluding hydrogens is 256 g/mol. The Morgan fingerprint density at radius 3 is 2.60 bits per heavy atom. The van der Waals surface area contributed by atoms with Crippen LogP contribution in [0.4, 0.5) is 0 Å². The van der Waals surface area contributed by atoms with Crippen molar-refractivity contribution in [1.82, 2.24) is 0 Å². The van der Waals surface area contributed by atoms with E-state index in [1.165, 1.54) is 0 Å². The van der Waals surface area contributed by atoms with Crippen LogP contribution >= 0.6 is 0 Å². The van der Waals surface area contributed by atoms with Crippen molar-refractivity contribution < 1.29 is 19.4 Å². The zero-order valence-corrected chi connectivity index (χ0v) is 11.6. The molecule has 0 saturated carbocycles. The van der Waals surface area contributed by atoms with Gasteiger partial charge in [0.2, 0.25) is 0 Å². The van der Waals surface area contributed by atoms with Crippen molar-refractivity contribution in [3.8, 4) is 5.75 Å².